The van der Waals surface area contributed by atoms with Crippen LogP contribution < -0.4 is 10.2 Å². The van der Waals surface area contributed by atoms with Crippen LogP contribution in [0, 0.1) is 0 Å². The van der Waals surface area contributed by atoms with Crippen molar-refractivity contribution in [3.8, 4) is 0 Å². The van der Waals surface area contributed by atoms with E-state index in [1.165, 1.54) is 12.1 Å². The maximum absolute atomic E-state index is 12.7. The molecule has 1 aliphatic rings. The van der Waals surface area contributed by atoms with Crippen molar-refractivity contribution in [3.05, 3.63) is 70.7 Å². The highest BCUT2D eigenvalue weighted by Gasteiger charge is 2.40. The Kier molecular flexibility index (Phi) is 5.99. The Labute approximate surface area is 187 Å². The van der Waals surface area contributed by atoms with E-state index in [9.17, 15) is 14.4 Å². The van der Waals surface area contributed by atoms with Crippen molar-refractivity contribution in [3.63, 3.8) is 0 Å². The van der Waals surface area contributed by atoms with Crippen LogP contribution in [0.5, 0.6) is 0 Å². The first-order valence-corrected chi connectivity index (χ1v) is 10.9. The molecule has 3 amide bonds. The van der Waals surface area contributed by atoms with E-state index in [4.69, 9.17) is 23.2 Å². The SMILES string of the molecule is O=C(CSC1CC(=O)N(c2ccc(Cl)c(Cl)c2)C1=O)Nc1ccc2ccccc2c1. The highest BCUT2D eigenvalue weighted by atomic mass is 35.5. The molecule has 1 saturated heterocycles. The minimum Gasteiger partial charge on any atom is -0.325 e. The molecular weight excluding hydrogens is 443 g/mol. The molecule has 0 aromatic heterocycles. The minimum atomic E-state index is -0.616. The van der Waals surface area contributed by atoms with Crippen molar-refractivity contribution in [1.82, 2.24) is 0 Å². The van der Waals surface area contributed by atoms with Gasteiger partial charge in [-0.1, -0.05) is 53.5 Å². The lowest BCUT2D eigenvalue weighted by molar-refractivity contribution is -0.121. The van der Waals surface area contributed by atoms with Crippen LogP contribution in [-0.2, 0) is 14.4 Å². The second-order valence-electron chi connectivity index (χ2n) is 6.78. The van der Waals surface area contributed by atoms with Gasteiger partial charge in [-0.3, -0.25) is 14.4 Å². The van der Waals surface area contributed by atoms with Gasteiger partial charge in [0, 0.05) is 12.1 Å². The van der Waals surface area contributed by atoms with E-state index < -0.39 is 5.25 Å². The molecule has 0 radical (unpaired) electrons. The summed E-state index contributed by atoms with van der Waals surface area (Å²) in [4.78, 5) is 38.5. The molecule has 0 bridgehead atoms. The molecule has 1 N–H and O–H groups in total. The summed E-state index contributed by atoms with van der Waals surface area (Å²) in [5.74, 6) is -0.859. The smallest absolute Gasteiger partial charge is 0.247 e. The number of amides is 3. The Morgan fingerprint density at radius 3 is 2.53 bits per heavy atom. The third kappa shape index (κ3) is 4.31. The zero-order valence-electron chi connectivity index (χ0n) is 15.6. The number of halogens is 2. The molecule has 1 heterocycles. The van der Waals surface area contributed by atoms with Crippen LogP contribution in [0.15, 0.2) is 60.7 Å². The van der Waals surface area contributed by atoms with Crippen molar-refractivity contribution in [1.29, 1.82) is 0 Å². The Hall–Kier alpha value is -2.54. The number of thioether (sulfide) groups is 1. The predicted molar refractivity (Wildman–Crippen MR) is 122 cm³/mol. The normalized spacial score (nSPS) is 16.3. The number of nitrogens with one attached hydrogen (secondary N) is 1. The average Bonchev–Trinajstić information content (AvgIpc) is 3.02. The van der Waals surface area contributed by atoms with Crippen LogP contribution >= 0.6 is 35.0 Å². The summed E-state index contributed by atoms with van der Waals surface area (Å²) < 4.78 is 0. The van der Waals surface area contributed by atoms with Gasteiger partial charge >= 0.3 is 0 Å². The van der Waals surface area contributed by atoms with Gasteiger partial charge in [0.25, 0.3) is 0 Å². The van der Waals surface area contributed by atoms with Gasteiger partial charge in [0.1, 0.15) is 0 Å². The van der Waals surface area contributed by atoms with E-state index >= 15 is 0 Å². The van der Waals surface area contributed by atoms with Gasteiger partial charge in [-0.2, -0.15) is 0 Å². The van der Waals surface area contributed by atoms with Gasteiger partial charge in [0.05, 0.1) is 26.7 Å². The molecular formula is C22H16Cl2N2O3S. The van der Waals surface area contributed by atoms with E-state index in [-0.39, 0.29) is 34.9 Å². The third-order valence-electron chi connectivity index (χ3n) is 4.72. The summed E-state index contributed by atoms with van der Waals surface area (Å²) in [5, 5.41) is 4.94. The number of imide groups is 1. The molecule has 8 heteroatoms. The van der Waals surface area contributed by atoms with E-state index in [0.717, 1.165) is 27.4 Å². The zero-order valence-corrected chi connectivity index (χ0v) is 17.9. The first-order valence-electron chi connectivity index (χ1n) is 9.14. The molecule has 30 heavy (non-hydrogen) atoms. The predicted octanol–water partition coefficient (Wildman–Crippen LogP) is 5.15. The Bertz CT molecular complexity index is 1170. The number of rotatable bonds is 5. The molecule has 1 atom stereocenters. The largest absolute Gasteiger partial charge is 0.325 e. The molecule has 4 rings (SSSR count). The van der Waals surface area contributed by atoms with Gasteiger partial charge in [0.15, 0.2) is 0 Å². The highest BCUT2D eigenvalue weighted by Crippen LogP contribution is 2.33. The van der Waals surface area contributed by atoms with Crippen LogP contribution in [0.3, 0.4) is 0 Å². The summed E-state index contributed by atoms with van der Waals surface area (Å²) in [6.07, 6.45) is 0.0347. The topological polar surface area (TPSA) is 66.5 Å². The number of hydrogen-bond acceptors (Lipinski definition) is 4. The lowest BCUT2D eigenvalue weighted by atomic mass is 10.1. The maximum Gasteiger partial charge on any atom is 0.247 e. The van der Waals surface area contributed by atoms with Crippen molar-refractivity contribution in [2.24, 2.45) is 0 Å². The van der Waals surface area contributed by atoms with Crippen LogP contribution in [0.25, 0.3) is 10.8 Å². The summed E-state index contributed by atoms with van der Waals surface area (Å²) in [6, 6.07) is 18.1. The van der Waals surface area contributed by atoms with Crippen molar-refractivity contribution in [2.75, 3.05) is 16.0 Å². The fraction of sp³-hybridized carbons (Fsp3) is 0.136. The van der Waals surface area contributed by atoms with E-state index in [2.05, 4.69) is 5.32 Å². The van der Waals surface area contributed by atoms with Crippen molar-refractivity contribution < 1.29 is 14.4 Å². The number of carbonyl (C=O) groups excluding carboxylic acids is 3. The minimum absolute atomic E-state index is 0.0347. The van der Waals surface area contributed by atoms with Crippen LogP contribution in [0.2, 0.25) is 10.0 Å². The Morgan fingerprint density at radius 1 is 1.00 bits per heavy atom. The number of fused-ring (bicyclic) bond motifs is 1. The summed E-state index contributed by atoms with van der Waals surface area (Å²) in [7, 11) is 0. The number of anilines is 2. The zero-order chi connectivity index (χ0) is 21.3. The van der Waals surface area contributed by atoms with Gasteiger partial charge in [0.2, 0.25) is 17.7 Å². The van der Waals surface area contributed by atoms with Crippen LogP contribution in [0.1, 0.15) is 6.42 Å². The van der Waals surface area contributed by atoms with Crippen molar-refractivity contribution >= 4 is 74.8 Å². The number of nitrogens with zero attached hydrogens (tertiary/aromatic N) is 1. The maximum atomic E-state index is 12.7. The van der Waals surface area contributed by atoms with Crippen LogP contribution in [-0.4, -0.2) is 28.7 Å². The average molecular weight is 459 g/mol. The summed E-state index contributed by atoms with van der Waals surface area (Å²) >= 11 is 13.1. The van der Waals surface area contributed by atoms with Gasteiger partial charge in [-0.05, 0) is 41.1 Å². The molecule has 0 spiro atoms. The number of hydrogen-bond donors (Lipinski definition) is 1. The van der Waals surface area contributed by atoms with Crippen LogP contribution in [0.4, 0.5) is 11.4 Å². The van der Waals surface area contributed by atoms with Gasteiger partial charge in [-0.25, -0.2) is 4.90 Å². The van der Waals surface area contributed by atoms with E-state index in [1.54, 1.807) is 6.07 Å². The first kappa shape index (κ1) is 20.7. The highest BCUT2D eigenvalue weighted by molar-refractivity contribution is 8.01. The number of benzene rings is 3. The summed E-state index contributed by atoms with van der Waals surface area (Å²) in [6.45, 7) is 0. The Morgan fingerprint density at radius 2 is 1.77 bits per heavy atom. The van der Waals surface area contributed by atoms with E-state index in [0.29, 0.717) is 16.4 Å². The lowest BCUT2D eigenvalue weighted by Crippen LogP contribution is -2.31. The van der Waals surface area contributed by atoms with E-state index in [1.807, 2.05) is 42.5 Å². The quantitative estimate of drug-likeness (QED) is 0.536. The third-order valence-corrected chi connectivity index (χ3v) is 6.65. The molecule has 0 saturated carbocycles. The molecule has 3 aromatic rings. The molecule has 5 nitrogen and oxygen atoms in total. The molecule has 1 fully saturated rings. The molecule has 1 aliphatic heterocycles. The molecule has 1 unspecified atom stereocenters. The second kappa shape index (κ2) is 8.68. The molecule has 0 aliphatic carbocycles. The lowest BCUT2D eigenvalue weighted by Gasteiger charge is -2.15. The fourth-order valence-electron chi connectivity index (χ4n) is 3.27. The Balaban J connectivity index is 1.38. The number of carbonyl (C=O) groups is 3. The molecule has 152 valence electrons. The van der Waals surface area contributed by atoms with Crippen molar-refractivity contribution in [2.45, 2.75) is 11.7 Å². The fourth-order valence-corrected chi connectivity index (χ4v) is 4.50. The first-order chi connectivity index (χ1) is 14.4. The standard InChI is InChI=1S/C22H16Cl2N2O3S/c23-17-8-7-16(10-18(17)24)26-21(28)11-19(22(26)29)30-12-20(27)25-15-6-5-13-3-1-2-4-14(13)9-15/h1-10,19H,11-12H2,(H,25,27). The monoisotopic (exact) mass is 458 g/mol. The second-order valence-corrected chi connectivity index (χ2v) is 8.79. The van der Waals surface area contributed by atoms with Gasteiger partial charge < -0.3 is 5.32 Å². The van der Waals surface area contributed by atoms with Gasteiger partial charge in [-0.15, -0.1) is 11.8 Å². The molecule has 3 aromatic carbocycles. The summed E-state index contributed by atoms with van der Waals surface area (Å²) in [5.41, 5.74) is 1.06.